The van der Waals surface area contributed by atoms with E-state index in [0.717, 1.165) is 45.0 Å². The van der Waals surface area contributed by atoms with Gasteiger partial charge in [0.1, 0.15) is 0 Å². The highest BCUT2D eigenvalue weighted by molar-refractivity contribution is 7.98. The lowest BCUT2D eigenvalue weighted by Crippen LogP contribution is -2.37. The van der Waals surface area contributed by atoms with Crippen molar-refractivity contribution >= 4 is 23.6 Å². The van der Waals surface area contributed by atoms with Gasteiger partial charge in [0.25, 0.3) is 5.91 Å². The molecule has 0 aromatic carbocycles. The van der Waals surface area contributed by atoms with E-state index in [4.69, 9.17) is 4.74 Å². The number of ketones is 1. The minimum absolute atomic E-state index is 0.367. The topological polar surface area (TPSA) is 58.6 Å². The molecule has 1 saturated heterocycles. The van der Waals surface area contributed by atoms with Gasteiger partial charge in [0.15, 0.2) is 0 Å². The minimum Gasteiger partial charge on any atom is -0.379 e. The third-order valence-corrected chi connectivity index (χ3v) is 3.70. The maximum Gasteiger partial charge on any atom is 0.297 e. The van der Waals surface area contributed by atoms with E-state index in [1.54, 1.807) is 20.8 Å². The molecule has 5 nitrogen and oxygen atoms in total. The van der Waals surface area contributed by atoms with Crippen LogP contribution in [-0.4, -0.2) is 55.2 Å². The van der Waals surface area contributed by atoms with E-state index in [9.17, 15) is 9.59 Å². The molecule has 1 amide bonds. The summed E-state index contributed by atoms with van der Waals surface area (Å²) in [4.78, 5) is 25.5. The number of hydrogen-bond donors (Lipinski definition) is 1. The molecule has 110 valence electrons. The molecule has 1 fully saturated rings. The summed E-state index contributed by atoms with van der Waals surface area (Å²) < 4.78 is 7.89. The lowest BCUT2D eigenvalue weighted by molar-refractivity contribution is -0.141. The smallest absolute Gasteiger partial charge is 0.297 e. The number of Topliss-reactive ketones (excluding diaryl/α,β-unsaturated/α-hetero) is 1. The van der Waals surface area contributed by atoms with Crippen LogP contribution in [0.2, 0.25) is 0 Å². The second kappa shape index (κ2) is 7.87. The van der Waals surface area contributed by atoms with Crippen LogP contribution in [0.3, 0.4) is 0 Å². The fourth-order valence-corrected chi connectivity index (χ4v) is 2.29. The molecule has 0 bridgehead atoms. The zero-order chi connectivity index (χ0) is 14.3. The fraction of sp³-hybridized carbons (Fsp3) is 0.846. The SMILES string of the molecule is CC(C)(C)C(=O)C(=O)NSCCCN1CCOCC1. The van der Waals surface area contributed by atoms with Crippen molar-refractivity contribution in [2.75, 3.05) is 38.6 Å². The van der Waals surface area contributed by atoms with Gasteiger partial charge in [-0.05, 0) is 13.0 Å². The van der Waals surface area contributed by atoms with Gasteiger partial charge in [0.2, 0.25) is 5.78 Å². The Morgan fingerprint density at radius 2 is 1.89 bits per heavy atom. The second-order valence-electron chi connectivity index (χ2n) is 5.67. The standard InChI is InChI=1S/C13H24N2O3S/c1-13(2,3)11(16)12(17)14-19-10-4-5-15-6-8-18-9-7-15/h4-10H2,1-3H3,(H,14,17). The third-order valence-electron chi connectivity index (χ3n) is 2.88. The van der Waals surface area contributed by atoms with Gasteiger partial charge in [-0.1, -0.05) is 32.7 Å². The summed E-state index contributed by atoms with van der Waals surface area (Å²) >= 11 is 1.32. The van der Waals surface area contributed by atoms with E-state index < -0.39 is 11.3 Å². The Hall–Kier alpha value is -0.590. The summed E-state index contributed by atoms with van der Waals surface area (Å²) in [6.45, 7) is 9.85. The Morgan fingerprint density at radius 3 is 2.47 bits per heavy atom. The molecule has 0 aromatic rings. The molecule has 1 heterocycles. The molecule has 0 saturated carbocycles. The van der Waals surface area contributed by atoms with Crippen molar-refractivity contribution in [2.45, 2.75) is 27.2 Å². The van der Waals surface area contributed by atoms with E-state index in [1.807, 2.05) is 0 Å². The molecule has 1 rings (SSSR count). The first-order valence-electron chi connectivity index (χ1n) is 6.68. The Morgan fingerprint density at radius 1 is 1.26 bits per heavy atom. The van der Waals surface area contributed by atoms with Gasteiger partial charge < -0.3 is 4.74 Å². The Kier molecular flexibility index (Phi) is 6.82. The van der Waals surface area contributed by atoms with Crippen LogP contribution < -0.4 is 4.72 Å². The van der Waals surface area contributed by atoms with E-state index in [1.165, 1.54) is 11.9 Å². The maximum atomic E-state index is 11.6. The van der Waals surface area contributed by atoms with Crippen LogP contribution in [0.1, 0.15) is 27.2 Å². The zero-order valence-electron chi connectivity index (χ0n) is 12.0. The predicted molar refractivity (Wildman–Crippen MR) is 76.9 cm³/mol. The normalized spacial score (nSPS) is 17.2. The Balaban J connectivity index is 2.07. The van der Waals surface area contributed by atoms with Gasteiger partial charge in [0, 0.05) is 24.3 Å². The first kappa shape index (κ1) is 16.5. The number of ether oxygens (including phenoxy) is 1. The van der Waals surface area contributed by atoms with E-state index in [2.05, 4.69) is 9.62 Å². The molecule has 19 heavy (non-hydrogen) atoms. The number of morpholine rings is 1. The van der Waals surface area contributed by atoms with Crippen LogP contribution in [0.4, 0.5) is 0 Å². The number of carbonyl (C=O) groups is 2. The Bertz CT molecular complexity index is 310. The molecule has 1 N–H and O–H groups in total. The van der Waals surface area contributed by atoms with Gasteiger partial charge in [-0.3, -0.25) is 19.2 Å². The van der Waals surface area contributed by atoms with Crippen molar-refractivity contribution < 1.29 is 14.3 Å². The highest BCUT2D eigenvalue weighted by atomic mass is 32.2. The summed E-state index contributed by atoms with van der Waals surface area (Å²) in [5.74, 6) is -0.0439. The lowest BCUT2D eigenvalue weighted by Gasteiger charge is -2.26. The molecule has 0 spiro atoms. The van der Waals surface area contributed by atoms with Gasteiger partial charge in [0.05, 0.1) is 13.2 Å². The Labute approximate surface area is 119 Å². The van der Waals surface area contributed by atoms with Gasteiger partial charge in [-0.15, -0.1) is 0 Å². The molecule has 0 atom stereocenters. The van der Waals surface area contributed by atoms with Crippen molar-refractivity contribution in [1.82, 2.24) is 9.62 Å². The summed E-state index contributed by atoms with van der Waals surface area (Å²) in [6, 6.07) is 0. The number of nitrogens with zero attached hydrogens (tertiary/aromatic N) is 1. The molecular weight excluding hydrogens is 264 g/mol. The number of nitrogens with one attached hydrogen (secondary N) is 1. The molecule has 0 aliphatic carbocycles. The van der Waals surface area contributed by atoms with Crippen LogP contribution in [0.25, 0.3) is 0 Å². The van der Waals surface area contributed by atoms with E-state index in [0.29, 0.717) is 0 Å². The molecule has 1 aliphatic rings. The first-order valence-corrected chi connectivity index (χ1v) is 7.66. The van der Waals surface area contributed by atoms with Gasteiger partial charge >= 0.3 is 0 Å². The largest absolute Gasteiger partial charge is 0.379 e. The molecule has 0 aromatic heterocycles. The average Bonchev–Trinajstić information content (AvgIpc) is 2.37. The third kappa shape index (κ3) is 6.40. The highest BCUT2D eigenvalue weighted by Gasteiger charge is 2.27. The van der Waals surface area contributed by atoms with Crippen LogP contribution in [0.5, 0.6) is 0 Å². The summed E-state index contributed by atoms with van der Waals surface area (Å²) in [5.41, 5.74) is -0.613. The summed E-state index contributed by atoms with van der Waals surface area (Å²) in [7, 11) is 0. The number of carbonyl (C=O) groups excluding carboxylic acids is 2. The summed E-state index contributed by atoms with van der Waals surface area (Å²) in [6.07, 6.45) is 0.995. The van der Waals surface area contributed by atoms with Crippen LogP contribution in [0, 0.1) is 5.41 Å². The second-order valence-corrected chi connectivity index (χ2v) is 6.57. The molecule has 6 heteroatoms. The maximum absolute atomic E-state index is 11.6. The monoisotopic (exact) mass is 288 g/mol. The molecular formula is C13H24N2O3S. The lowest BCUT2D eigenvalue weighted by atomic mass is 9.91. The highest BCUT2D eigenvalue weighted by Crippen LogP contribution is 2.15. The zero-order valence-corrected chi connectivity index (χ0v) is 12.8. The van der Waals surface area contributed by atoms with E-state index in [-0.39, 0.29) is 5.78 Å². The van der Waals surface area contributed by atoms with Crippen molar-refractivity contribution in [1.29, 1.82) is 0 Å². The average molecular weight is 288 g/mol. The number of rotatable bonds is 6. The van der Waals surface area contributed by atoms with Crippen molar-refractivity contribution in [3.63, 3.8) is 0 Å². The predicted octanol–water partition coefficient (Wildman–Crippen LogP) is 1.09. The van der Waals surface area contributed by atoms with Crippen LogP contribution in [-0.2, 0) is 14.3 Å². The van der Waals surface area contributed by atoms with Crippen LogP contribution in [0.15, 0.2) is 0 Å². The first-order chi connectivity index (χ1) is 8.91. The molecule has 1 aliphatic heterocycles. The number of amides is 1. The fourth-order valence-electron chi connectivity index (χ4n) is 1.69. The number of hydrogen-bond acceptors (Lipinski definition) is 5. The van der Waals surface area contributed by atoms with Crippen molar-refractivity contribution in [2.24, 2.45) is 5.41 Å². The quantitative estimate of drug-likeness (QED) is 0.450. The van der Waals surface area contributed by atoms with Crippen LogP contribution >= 0.6 is 11.9 Å². The van der Waals surface area contributed by atoms with E-state index >= 15 is 0 Å². The minimum atomic E-state index is -0.613. The summed E-state index contributed by atoms with van der Waals surface area (Å²) in [5, 5.41) is 0. The van der Waals surface area contributed by atoms with Gasteiger partial charge in [-0.2, -0.15) is 0 Å². The van der Waals surface area contributed by atoms with Gasteiger partial charge in [-0.25, -0.2) is 0 Å². The molecule has 0 radical (unpaired) electrons. The molecule has 0 unspecified atom stereocenters. The van der Waals surface area contributed by atoms with Crippen molar-refractivity contribution in [3.8, 4) is 0 Å². The van der Waals surface area contributed by atoms with Crippen molar-refractivity contribution in [3.05, 3.63) is 0 Å².